The molecule has 0 bridgehead atoms. The van der Waals surface area contributed by atoms with Crippen molar-refractivity contribution < 1.29 is 13.2 Å². The molecule has 21 heavy (non-hydrogen) atoms. The van der Waals surface area contributed by atoms with Gasteiger partial charge in [-0.25, -0.2) is 4.98 Å². The number of rotatable bonds is 2. The summed E-state index contributed by atoms with van der Waals surface area (Å²) in [6, 6.07) is 4.62. The molecule has 3 rings (SSSR count). The number of halogens is 3. The van der Waals surface area contributed by atoms with Gasteiger partial charge in [-0.05, 0) is 43.7 Å². The fourth-order valence-corrected chi connectivity index (χ4v) is 3.84. The molecule has 0 aliphatic heterocycles. The van der Waals surface area contributed by atoms with Crippen LogP contribution in [0.15, 0.2) is 18.2 Å². The van der Waals surface area contributed by atoms with Crippen molar-refractivity contribution in [1.82, 2.24) is 9.55 Å². The van der Waals surface area contributed by atoms with Gasteiger partial charge >= 0.3 is 6.18 Å². The van der Waals surface area contributed by atoms with Crippen LogP contribution >= 0.6 is 11.8 Å². The maximum absolute atomic E-state index is 13.3. The first-order chi connectivity index (χ1) is 9.90. The van der Waals surface area contributed by atoms with E-state index in [9.17, 15) is 13.2 Å². The lowest BCUT2D eigenvalue weighted by atomic mass is 10.2. The van der Waals surface area contributed by atoms with E-state index < -0.39 is 12.0 Å². The van der Waals surface area contributed by atoms with E-state index in [1.54, 1.807) is 23.9 Å². The largest absolute Gasteiger partial charge is 0.449 e. The topological polar surface area (TPSA) is 43.8 Å². The van der Waals surface area contributed by atoms with E-state index in [1.165, 1.54) is 10.6 Å². The average Bonchev–Trinajstić information content (AvgIpc) is 3.00. The van der Waals surface area contributed by atoms with Crippen molar-refractivity contribution in [2.24, 2.45) is 0 Å². The van der Waals surface area contributed by atoms with Crippen LogP contribution < -0.4 is 5.73 Å². The highest BCUT2D eigenvalue weighted by atomic mass is 32.2. The zero-order valence-electron chi connectivity index (χ0n) is 11.5. The Morgan fingerprint density at radius 1 is 1.33 bits per heavy atom. The summed E-state index contributed by atoms with van der Waals surface area (Å²) in [6.45, 7) is 0. The molecule has 1 aromatic carbocycles. The maximum Gasteiger partial charge on any atom is 0.449 e. The number of anilines is 1. The summed E-state index contributed by atoms with van der Waals surface area (Å²) >= 11 is 1.72. The highest BCUT2D eigenvalue weighted by Crippen LogP contribution is 2.42. The Morgan fingerprint density at radius 3 is 2.71 bits per heavy atom. The van der Waals surface area contributed by atoms with Crippen LogP contribution in [-0.4, -0.2) is 21.1 Å². The number of aromatic nitrogens is 2. The van der Waals surface area contributed by atoms with Gasteiger partial charge in [0.15, 0.2) is 0 Å². The Labute approximate surface area is 124 Å². The van der Waals surface area contributed by atoms with Gasteiger partial charge < -0.3 is 10.3 Å². The second-order valence-electron chi connectivity index (χ2n) is 5.38. The molecule has 2 aromatic rings. The number of fused-ring (bicyclic) bond motifs is 1. The SMILES string of the molecule is CSC1CCC(n2c(C(F)(F)F)nc3cc(N)ccc32)C1. The Bertz CT molecular complexity index is 665. The fourth-order valence-electron chi connectivity index (χ4n) is 3.05. The first-order valence-corrected chi connectivity index (χ1v) is 8.06. The monoisotopic (exact) mass is 315 g/mol. The number of hydrogen-bond donors (Lipinski definition) is 1. The van der Waals surface area contributed by atoms with Crippen LogP contribution in [-0.2, 0) is 6.18 Å². The molecule has 0 radical (unpaired) electrons. The number of nitrogens with two attached hydrogens (primary N) is 1. The van der Waals surface area contributed by atoms with Gasteiger partial charge in [0, 0.05) is 17.0 Å². The summed E-state index contributed by atoms with van der Waals surface area (Å²) in [4.78, 5) is 3.79. The quantitative estimate of drug-likeness (QED) is 0.849. The minimum atomic E-state index is -4.45. The van der Waals surface area contributed by atoms with E-state index in [1.807, 2.05) is 6.26 Å². The molecule has 0 saturated heterocycles. The van der Waals surface area contributed by atoms with E-state index in [2.05, 4.69) is 4.98 Å². The molecule has 0 spiro atoms. The van der Waals surface area contributed by atoms with Gasteiger partial charge in [-0.15, -0.1) is 0 Å². The third-order valence-corrected chi connectivity index (χ3v) is 5.12. The summed E-state index contributed by atoms with van der Waals surface area (Å²) in [6.07, 6.45) is -0.00204. The van der Waals surface area contributed by atoms with Crippen LogP contribution in [0.5, 0.6) is 0 Å². The molecule has 1 aromatic heterocycles. The van der Waals surface area contributed by atoms with Gasteiger partial charge in [-0.1, -0.05) is 0 Å². The van der Waals surface area contributed by atoms with Gasteiger partial charge in [0.1, 0.15) is 0 Å². The third-order valence-electron chi connectivity index (χ3n) is 4.02. The zero-order valence-corrected chi connectivity index (χ0v) is 12.3. The Hall–Kier alpha value is -1.37. The lowest BCUT2D eigenvalue weighted by molar-refractivity contribution is -0.147. The molecule has 0 amide bonds. The predicted molar refractivity (Wildman–Crippen MR) is 79.3 cm³/mol. The predicted octanol–water partition coefficient (Wildman–Crippen LogP) is 4.09. The highest BCUT2D eigenvalue weighted by Gasteiger charge is 2.40. The van der Waals surface area contributed by atoms with Gasteiger partial charge in [-0.3, -0.25) is 0 Å². The van der Waals surface area contributed by atoms with Crippen molar-refractivity contribution in [3.8, 4) is 0 Å². The van der Waals surface area contributed by atoms with Crippen molar-refractivity contribution in [3.63, 3.8) is 0 Å². The first-order valence-electron chi connectivity index (χ1n) is 6.77. The van der Waals surface area contributed by atoms with Gasteiger partial charge in [0.25, 0.3) is 0 Å². The van der Waals surface area contributed by atoms with Crippen molar-refractivity contribution in [2.45, 2.75) is 36.7 Å². The average molecular weight is 315 g/mol. The second-order valence-corrected chi connectivity index (χ2v) is 6.51. The van der Waals surface area contributed by atoms with Crippen LogP contribution in [0.1, 0.15) is 31.1 Å². The minimum absolute atomic E-state index is 0.146. The summed E-state index contributed by atoms with van der Waals surface area (Å²) in [5, 5.41) is 0.419. The molecule has 7 heteroatoms. The summed E-state index contributed by atoms with van der Waals surface area (Å²) in [5.74, 6) is -0.810. The number of hydrogen-bond acceptors (Lipinski definition) is 3. The van der Waals surface area contributed by atoms with Crippen LogP contribution in [0, 0.1) is 0 Å². The molecule has 2 N–H and O–H groups in total. The summed E-state index contributed by atoms with van der Waals surface area (Å²) in [5.41, 5.74) is 6.91. The number of nitrogens with zero attached hydrogens (tertiary/aromatic N) is 2. The van der Waals surface area contributed by atoms with E-state index in [0.717, 1.165) is 19.3 Å². The summed E-state index contributed by atoms with van der Waals surface area (Å²) < 4.78 is 41.3. The molecule has 2 atom stereocenters. The normalized spacial score (nSPS) is 23.0. The summed E-state index contributed by atoms with van der Waals surface area (Å²) in [7, 11) is 0. The number of nitrogen functional groups attached to an aromatic ring is 1. The lowest BCUT2D eigenvalue weighted by Crippen LogP contribution is -2.18. The Kier molecular flexibility index (Phi) is 3.55. The molecular formula is C14H16F3N3S. The van der Waals surface area contributed by atoms with Crippen LogP contribution in [0.3, 0.4) is 0 Å². The molecule has 1 aliphatic carbocycles. The molecule has 2 unspecified atom stereocenters. The molecular weight excluding hydrogens is 299 g/mol. The first kappa shape index (κ1) is 14.6. The second kappa shape index (κ2) is 5.12. The van der Waals surface area contributed by atoms with Gasteiger partial charge in [0.05, 0.1) is 11.0 Å². The van der Waals surface area contributed by atoms with Crippen LogP contribution in [0.2, 0.25) is 0 Å². The minimum Gasteiger partial charge on any atom is -0.399 e. The zero-order chi connectivity index (χ0) is 15.2. The van der Waals surface area contributed by atoms with E-state index >= 15 is 0 Å². The van der Waals surface area contributed by atoms with Crippen molar-refractivity contribution in [1.29, 1.82) is 0 Å². The van der Waals surface area contributed by atoms with E-state index in [0.29, 0.717) is 22.0 Å². The maximum atomic E-state index is 13.3. The molecule has 1 heterocycles. The Balaban J connectivity index is 2.14. The van der Waals surface area contributed by atoms with Gasteiger partial charge in [0.2, 0.25) is 5.82 Å². The molecule has 3 nitrogen and oxygen atoms in total. The van der Waals surface area contributed by atoms with Crippen molar-refractivity contribution >= 4 is 28.5 Å². The standard InChI is InChI=1S/C14H16F3N3S/c1-21-10-4-3-9(7-10)20-12-5-2-8(18)6-11(12)19-13(20)14(15,16)17/h2,5-6,9-10H,3-4,7,18H2,1H3. The van der Waals surface area contributed by atoms with Crippen LogP contribution in [0.25, 0.3) is 11.0 Å². The lowest BCUT2D eigenvalue weighted by Gasteiger charge is -2.18. The smallest absolute Gasteiger partial charge is 0.399 e. The molecule has 1 aliphatic rings. The van der Waals surface area contributed by atoms with Crippen molar-refractivity contribution in [3.05, 3.63) is 24.0 Å². The van der Waals surface area contributed by atoms with Gasteiger partial charge in [-0.2, -0.15) is 24.9 Å². The highest BCUT2D eigenvalue weighted by molar-refractivity contribution is 7.99. The third kappa shape index (κ3) is 2.59. The molecule has 1 fully saturated rings. The number of alkyl halides is 3. The Morgan fingerprint density at radius 2 is 2.10 bits per heavy atom. The molecule has 1 saturated carbocycles. The van der Waals surface area contributed by atoms with E-state index in [-0.39, 0.29) is 6.04 Å². The number of benzene rings is 1. The van der Waals surface area contributed by atoms with Crippen LogP contribution in [0.4, 0.5) is 18.9 Å². The molecule has 114 valence electrons. The van der Waals surface area contributed by atoms with Crippen molar-refractivity contribution in [2.75, 3.05) is 12.0 Å². The number of imidazole rings is 1. The fraction of sp³-hybridized carbons (Fsp3) is 0.500. The number of thioether (sulfide) groups is 1. The van der Waals surface area contributed by atoms with E-state index in [4.69, 9.17) is 5.73 Å².